The number of rotatable bonds is 3. The zero-order chi connectivity index (χ0) is 12.3. The van der Waals surface area contributed by atoms with Crippen LogP contribution in [-0.2, 0) is 0 Å². The molecule has 1 aromatic rings. The van der Waals surface area contributed by atoms with E-state index >= 15 is 0 Å². The van der Waals surface area contributed by atoms with Gasteiger partial charge in [0.2, 0.25) is 0 Å². The fourth-order valence-electron chi connectivity index (χ4n) is 2.74. The van der Waals surface area contributed by atoms with E-state index in [4.69, 9.17) is 5.84 Å². The second-order valence-corrected chi connectivity index (χ2v) is 4.97. The summed E-state index contributed by atoms with van der Waals surface area (Å²) in [6.45, 7) is 2.34. The van der Waals surface area contributed by atoms with E-state index in [1.807, 2.05) is 18.2 Å². The summed E-state index contributed by atoms with van der Waals surface area (Å²) >= 11 is 0. The first-order chi connectivity index (χ1) is 8.22. The third-order valence-electron chi connectivity index (χ3n) is 3.81. The first-order valence-electron chi connectivity index (χ1n) is 6.39. The Morgan fingerprint density at radius 3 is 2.82 bits per heavy atom. The van der Waals surface area contributed by atoms with E-state index in [0.717, 1.165) is 17.6 Å². The molecule has 0 aromatic carbocycles. The van der Waals surface area contributed by atoms with Crippen LogP contribution in [0.3, 0.4) is 0 Å². The highest BCUT2D eigenvalue weighted by Crippen LogP contribution is 2.29. The van der Waals surface area contributed by atoms with Gasteiger partial charge in [-0.2, -0.15) is 0 Å². The van der Waals surface area contributed by atoms with Crippen LogP contribution in [0.5, 0.6) is 0 Å². The number of pyridine rings is 1. The van der Waals surface area contributed by atoms with E-state index in [9.17, 15) is 0 Å². The minimum atomic E-state index is 0.601. The van der Waals surface area contributed by atoms with E-state index in [0.29, 0.717) is 6.04 Å². The zero-order valence-corrected chi connectivity index (χ0v) is 10.7. The molecule has 2 unspecified atom stereocenters. The molecule has 1 heterocycles. The summed E-state index contributed by atoms with van der Waals surface area (Å²) in [5.41, 5.74) is 2.60. The van der Waals surface area contributed by atoms with Gasteiger partial charge in [-0.25, -0.2) is 10.8 Å². The molecule has 0 aliphatic heterocycles. The van der Waals surface area contributed by atoms with Gasteiger partial charge in [0, 0.05) is 13.1 Å². The van der Waals surface area contributed by atoms with Gasteiger partial charge in [0.1, 0.15) is 11.6 Å². The first kappa shape index (κ1) is 12.2. The molecular weight excluding hydrogens is 212 g/mol. The minimum absolute atomic E-state index is 0.601. The number of nitrogen functional groups attached to an aromatic ring is 1. The number of nitrogens with two attached hydrogens (primary N) is 1. The highest BCUT2D eigenvalue weighted by atomic mass is 15.3. The van der Waals surface area contributed by atoms with Crippen LogP contribution < -0.4 is 16.2 Å². The quantitative estimate of drug-likeness (QED) is 0.623. The largest absolute Gasteiger partial charge is 0.356 e. The second kappa shape index (κ2) is 5.36. The maximum absolute atomic E-state index is 5.39. The molecule has 1 aliphatic carbocycles. The number of nitrogens with one attached hydrogen (secondary N) is 1. The number of hydrazine groups is 1. The van der Waals surface area contributed by atoms with Gasteiger partial charge in [-0.05, 0) is 30.9 Å². The smallest absolute Gasteiger partial charge is 0.142 e. The van der Waals surface area contributed by atoms with Crippen molar-refractivity contribution in [3.63, 3.8) is 0 Å². The van der Waals surface area contributed by atoms with E-state index in [1.54, 1.807) is 0 Å². The van der Waals surface area contributed by atoms with Crippen molar-refractivity contribution in [3.8, 4) is 0 Å². The molecule has 4 heteroatoms. The number of hydrogen-bond acceptors (Lipinski definition) is 4. The minimum Gasteiger partial charge on any atom is -0.356 e. The van der Waals surface area contributed by atoms with Crippen LogP contribution in [0.2, 0.25) is 0 Å². The number of nitrogens with zero attached hydrogens (tertiary/aromatic N) is 2. The van der Waals surface area contributed by atoms with Gasteiger partial charge in [-0.1, -0.05) is 25.8 Å². The fraction of sp³-hybridized carbons (Fsp3) is 0.615. The van der Waals surface area contributed by atoms with Crippen molar-refractivity contribution < 1.29 is 0 Å². The molecule has 2 atom stereocenters. The Kier molecular flexibility index (Phi) is 3.84. The summed E-state index contributed by atoms with van der Waals surface area (Å²) in [5.74, 6) is 7.85. The Bertz CT molecular complexity index is 366. The zero-order valence-electron chi connectivity index (χ0n) is 10.7. The second-order valence-electron chi connectivity index (χ2n) is 4.97. The summed E-state index contributed by atoms with van der Waals surface area (Å²) < 4.78 is 0. The Morgan fingerprint density at radius 2 is 2.12 bits per heavy atom. The molecule has 0 radical (unpaired) electrons. The van der Waals surface area contributed by atoms with Gasteiger partial charge in [0.05, 0.1) is 0 Å². The lowest BCUT2D eigenvalue weighted by atomic mass is 9.85. The van der Waals surface area contributed by atoms with Crippen molar-refractivity contribution in [3.05, 3.63) is 18.2 Å². The third-order valence-corrected chi connectivity index (χ3v) is 3.81. The molecule has 1 aromatic heterocycles. The molecule has 1 fully saturated rings. The lowest BCUT2D eigenvalue weighted by Crippen LogP contribution is -2.39. The molecule has 94 valence electrons. The van der Waals surface area contributed by atoms with Gasteiger partial charge >= 0.3 is 0 Å². The Morgan fingerprint density at radius 1 is 1.35 bits per heavy atom. The summed E-state index contributed by atoms with van der Waals surface area (Å²) in [6, 6.07) is 6.51. The predicted octanol–water partition coefficient (Wildman–Crippen LogP) is 2.38. The molecule has 3 N–H and O–H groups in total. The van der Waals surface area contributed by atoms with Crippen LogP contribution in [0.25, 0.3) is 0 Å². The highest BCUT2D eigenvalue weighted by Gasteiger charge is 2.25. The van der Waals surface area contributed by atoms with E-state index < -0.39 is 0 Å². The number of aromatic nitrogens is 1. The molecule has 1 aliphatic rings. The van der Waals surface area contributed by atoms with Crippen molar-refractivity contribution in [1.82, 2.24) is 4.98 Å². The summed E-state index contributed by atoms with van der Waals surface area (Å²) in [5, 5.41) is 0. The predicted molar refractivity (Wildman–Crippen MR) is 71.9 cm³/mol. The van der Waals surface area contributed by atoms with Crippen LogP contribution in [-0.4, -0.2) is 18.1 Å². The van der Waals surface area contributed by atoms with E-state index in [1.165, 1.54) is 25.7 Å². The van der Waals surface area contributed by atoms with Gasteiger partial charge < -0.3 is 10.3 Å². The Hall–Kier alpha value is -1.29. The molecule has 0 bridgehead atoms. The van der Waals surface area contributed by atoms with Crippen molar-refractivity contribution >= 4 is 11.6 Å². The SMILES string of the molecule is CC1CCCCC1N(C)c1cccc(NN)n1. The van der Waals surface area contributed by atoms with Crippen LogP contribution in [0, 0.1) is 5.92 Å². The summed E-state index contributed by atoms with van der Waals surface area (Å²) in [6.07, 6.45) is 5.28. The molecule has 17 heavy (non-hydrogen) atoms. The average Bonchev–Trinajstić information content (AvgIpc) is 2.38. The van der Waals surface area contributed by atoms with Crippen LogP contribution in [0.4, 0.5) is 11.6 Å². The number of hydrogen-bond donors (Lipinski definition) is 2. The van der Waals surface area contributed by atoms with Crippen LogP contribution in [0.1, 0.15) is 32.6 Å². The lowest BCUT2D eigenvalue weighted by molar-refractivity contribution is 0.320. The molecular formula is C13H22N4. The molecule has 4 nitrogen and oxygen atoms in total. The molecule has 0 spiro atoms. The topological polar surface area (TPSA) is 54.2 Å². The maximum Gasteiger partial charge on any atom is 0.142 e. The van der Waals surface area contributed by atoms with Gasteiger partial charge in [0.25, 0.3) is 0 Å². The van der Waals surface area contributed by atoms with Gasteiger partial charge in [-0.3, -0.25) is 0 Å². The third kappa shape index (κ3) is 2.69. The molecule has 0 saturated heterocycles. The Balaban J connectivity index is 2.14. The van der Waals surface area contributed by atoms with Crippen molar-refractivity contribution in [2.75, 3.05) is 17.4 Å². The lowest BCUT2D eigenvalue weighted by Gasteiger charge is -2.37. The van der Waals surface area contributed by atoms with Crippen molar-refractivity contribution in [2.24, 2.45) is 11.8 Å². The monoisotopic (exact) mass is 234 g/mol. The van der Waals surface area contributed by atoms with Crippen molar-refractivity contribution in [2.45, 2.75) is 38.6 Å². The molecule has 1 saturated carbocycles. The maximum atomic E-state index is 5.39. The van der Waals surface area contributed by atoms with E-state index in [-0.39, 0.29) is 0 Å². The molecule has 2 rings (SSSR count). The summed E-state index contributed by atoms with van der Waals surface area (Å²) in [4.78, 5) is 6.79. The number of anilines is 2. The average molecular weight is 234 g/mol. The highest BCUT2D eigenvalue weighted by molar-refractivity contribution is 5.46. The van der Waals surface area contributed by atoms with Gasteiger partial charge in [-0.15, -0.1) is 0 Å². The van der Waals surface area contributed by atoms with E-state index in [2.05, 4.69) is 29.3 Å². The Labute approximate surface area is 103 Å². The summed E-state index contributed by atoms with van der Waals surface area (Å²) in [7, 11) is 2.13. The first-order valence-corrected chi connectivity index (χ1v) is 6.39. The van der Waals surface area contributed by atoms with Crippen molar-refractivity contribution in [1.29, 1.82) is 0 Å². The fourth-order valence-corrected chi connectivity index (χ4v) is 2.74. The van der Waals surface area contributed by atoms with Crippen LogP contribution in [0.15, 0.2) is 18.2 Å². The van der Waals surface area contributed by atoms with Gasteiger partial charge in [0.15, 0.2) is 0 Å². The molecule has 0 amide bonds. The normalized spacial score (nSPS) is 24.4. The standard InChI is InChI=1S/C13H22N4/c1-10-6-3-4-7-11(10)17(2)13-9-5-8-12(15-13)16-14/h5,8-11H,3-4,6-7,14H2,1-2H3,(H,15,16). The van der Waals surface area contributed by atoms with Crippen LogP contribution >= 0.6 is 0 Å².